The number of hydrogen-bond acceptors (Lipinski definition) is 2. The van der Waals surface area contributed by atoms with Crippen LogP contribution in [0.4, 0.5) is 0 Å². The molecule has 3 nitrogen and oxygen atoms in total. The zero-order valence-electron chi connectivity index (χ0n) is 12.9. The standard InChI is InChI=1S/C19H19ClN2O/c20-18-15-17(14-16-6-2-1-3-7-16)8-9-19(18)23-13-5-12-22-11-4-10-21-22/h1-4,6-11,15H,5,12-14H2. The normalized spacial score (nSPS) is 10.7. The third kappa shape index (κ3) is 4.60. The molecule has 0 amide bonds. The van der Waals surface area contributed by atoms with Gasteiger partial charge in [0, 0.05) is 25.4 Å². The Labute approximate surface area is 141 Å². The second-order valence-corrected chi connectivity index (χ2v) is 5.81. The fourth-order valence-electron chi connectivity index (χ4n) is 2.44. The quantitative estimate of drug-likeness (QED) is 0.593. The van der Waals surface area contributed by atoms with E-state index in [1.165, 1.54) is 11.1 Å². The van der Waals surface area contributed by atoms with E-state index in [0.717, 1.165) is 25.1 Å². The fourth-order valence-corrected chi connectivity index (χ4v) is 2.70. The molecule has 4 heteroatoms. The van der Waals surface area contributed by atoms with Gasteiger partial charge in [-0.2, -0.15) is 5.10 Å². The number of hydrogen-bond donors (Lipinski definition) is 0. The molecule has 0 spiro atoms. The van der Waals surface area contributed by atoms with Crippen molar-refractivity contribution in [2.75, 3.05) is 6.61 Å². The Hall–Kier alpha value is -2.26. The Morgan fingerprint density at radius 3 is 2.61 bits per heavy atom. The molecule has 0 radical (unpaired) electrons. The molecule has 0 N–H and O–H groups in total. The van der Waals surface area contributed by atoms with Crippen LogP contribution in [0, 0.1) is 0 Å². The van der Waals surface area contributed by atoms with Gasteiger partial charge < -0.3 is 4.74 Å². The summed E-state index contributed by atoms with van der Waals surface area (Å²) >= 11 is 6.33. The minimum atomic E-state index is 0.623. The SMILES string of the molecule is Clc1cc(Cc2ccccc2)ccc1OCCCn1cccn1. The zero-order chi connectivity index (χ0) is 15.9. The molecular formula is C19H19ClN2O. The van der Waals surface area contributed by atoms with Crippen molar-refractivity contribution in [3.05, 3.63) is 83.1 Å². The van der Waals surface area contributed by atoms with Crippen molar-refractivity contribution in [3.8, 4) is 5.75 Å². The first kappa shape index (κ1) is 15.6. The summed E-state index contributed by atoms with van der Waals surface area (Å²) in [5.74, 6) is 0.740. The van der Waals surface area contributed by atoms with Crippen LogP contribution in [0.2, 0.25) is 5.02 Å². The third-order valence-corrected chi connectivity index (χ3v) is 3.89. The highest BCUT2D eigenvalue weighted by Gasteiger charge is 2.04. The molecule has 1 aromatic heterocycles. The highest BCUT2D eigenvalue weighted by atomic mass is 35.5. The molecule has 118 valence electrons. The molecule has 2 aromatic carbocycles. The van der Waals surface area contributed by atoms with Gasteiger partial charge >= 0.3 is 0 Å². The summed E-state index contributed by atoms with van der Waals surface area (Å²) in [5, 5.41) is 4.83. The van der Waals surface area contributed by atoms with Gasteiger partial charge in [-0.1, -0.05) is 48.0 Å². The maximum absolute atomic E-state index is 6.33. The smallest absolute Gasteiger partial charge is 0.137 e. The second kappa shape index (κ2) is 7.84. The van der Waals surface area contributed by atoms with Crippen molar-refractivity contribution < 1.29 is 4.74 Å². The van der Waals surface area contributed by atoms with Gasteiger partial charge in [0.25, 0.3) is 0 Å². The van der Waals surface area contributed by atoms with Gasteiger partial charge in [0.1, 0.15) is 5.75 Å². The van der Waals surface area contributed by atoms with E-state index in [1.807, 2.05) is 47.3 Å². The van der Waals surface area contributed by atoms with Crippen molar-refractivity contribution in [2.45, 2.75) is 19.4 Å². The Kier molecular flexibility index (Phi) is 5.33. The second-order valence-electron chi connectivity index (χ2n) is 5.40. The highest BCUT2D eigenvalue weighted by molar-refractivity contribution is 6.32. The number of halogens is 1. The Morgan fingerprint density at radius 2 is 1.87 bits per heavy atom. The molecule has 0 saturated heterocycles. The van der Waals surface area contributed by atoms with Crippen LogP contribution in [0.3, 0.4) is 0 Å². The largest absolute Gasteiger partial charge is 0.492 e. The molecular weight excluding hydrogens is 308 g/mol. The first-order valence-electron chi connectivity index (χ1n) is 7.74. The van der Waals surface area contributed by atoms with Gasteiger partial charge in [-0.3, -0.25) is 4.68 Å². The topological polar surface area (TPSA) is 27.1 Å². The van der Waals surface area contributed by atoms with Gasteiger partial charge in [0.05, 0.1) is 11.6 Å². The number of nitrogens with zero attached hydrogens (tertiary/aromatic N) is 2. The molecule has 0 unspecified atom stereocenters. The molecule has 0 aliphatic heterocycles. The van der Waals surface area contributed by atoms with Gasteiger partial charge in [-0.25, -0.2) is 0 Å². The third-order valence-electron chi connectivity index (χ3n) is 3.60. The van der Waals surface area contributed by atoms with Crippen LogP contribution in [0.15, 0.2) is 67.0 Å². The lowest BCUT2D eigenvalue weighted by Crippen LogP contribution is -2.05. The van der Waals surface area contributed by atoms with Gasteiger partial charge in [0.15, 0.2) is 0 Å². The van der Waals surface area contributed by atoms with Crippen LogP contribution in [-0.2, 0) is 13.0 Å². The maximum atomic E-state index is 6.33. The summed E-state index contributed by atoms with van der Waals surface area (Å²) in [7, 11) is 0. The van der Waals surface area contributed by atoms with Crippen molar-refractivity contribution in [2.24, 2.45) is 0 Å². The molecule has 0 aliphatic carbocycles. The van der Waals surface area contributed by atoms with Crippen LogP contribution in [-0.4, -0.2) is 16.4 Å². The monoisotopic (exact) mass is 326 g/mol. The lowest BCUT2D eigenvalue weighted by molar-refractivity contribution is 0.299. The molecule has 3 aromatic rings. The molecule has 3 rings (SSSR count). The maximum Gasteiger partial charge on any atom is 0.137 e. The lowest BCUT2D eigenvalue weighted by atomic mass is 10.1. The molecule has 0 saturated carbocycles. The van der Waals surface area contributed by atoms with E-state index in [2.05, 4.69) is 23.3 Å². The number of ether oxygens (including phenoxy) is 1. The van der Waals surface area contributed by atoms with Gasteiger partial charge in [-0.05, 0) is 35.7 Å². The molecule has 0 aliphatic rings. The van der Waals surface area contributed by atoms with E-state index in [-0.39, 0.29) is 0 Å². The van der Waals surface area contributed by atoms with Gasteiger partial charge in [-0.15, -0.1) is 0 Å². The molecule has 1 heterocycles. The number of benzene rings is 2. The van der Waals surface area contributed by atoms with E-state index in [4.69, 9.17) is 16.3 Å². The Morgan fingerprint density at radius 1 is 1.00 bits per heavy atom. The average Bonchev–Trinajstić information content (AvgIpc) is 3.07. The first-order chi connectivity index (χ1) is 11.3. The van der Waals surface area contributed by atoms with Crippen molar-refractivity contribution in [1.29, 1.82) is 0 Å². The summed E-state index contributed by atoms with van der Waals surface area (Å²) in [5.41, 5.74) is 2.46. The number of rotatable bonds is 7. The molecule has 23 heavy (non-hydrogen) atoms. The van der Waals surface area contributed by atoms with Crippen LogP contribution in [0.1, 0.15) is 17.5 Å². The van der Waals surface area contributed by atoms with Gasteiger partial charge in [0.2, 0.25) is 0 Å². The van der Waals surface area contributed by atoms with E-state index in [1.54, 1.807) is 6.20 Å². The Bertz CT molecular complexity index is 726. The summed E-state index contributed by atoms with van der Waals surface area (Å²) in [6.45, 7) is 1.47. The fraction of sp³-hybridized carbons (Fsp3) is 0.211. The van der Waals surface area contributed by atoms with Crippen LogP contribution < -0.4 is 4.74 Å². The van der Waals surface area contributed by atoms with E-state index < -0.39 is 0 Å². The number of aromatic nitrogens is 2. The molecule has 0 fully saturated rings. The van der Waals surface area contributed by atoms with E-state index in [0.29, 0.717) is 11.6 Å². The predicted molar refractivity (Wildman–Crippen MR) is 93.0 cm³/mol. The van der Waals surface area contributed by atoms with Crippen molar-refractivity contribution in [1.82, 2.24) is 9.78 Å². The van der Waals surface area contributed by atoms with Crippen LogP contribution in [0.5, 0.6) is 5.75 Å². The summed E-state index contributed by atoms with van der Waals surface area (Å²) in [6.07, 6.45) is 5.50. The summed E-state index contributed by atoms with van der Waals surface area (Å²) in [6, 6.07) is 18.3. The zero-order valence-corrected chi connectivity index (χ0v) is 13.6. The highest BCUT2D eigenvalue weighted by Crippen LogP contribution is 2.26. The van der Waals surface area contributed by atoms with E-state index in [9.17, 15) is 0 Å². The number of aryl methyl sites for hydroxylation is 1. The Balaban J connectivity index is 1.52. The minimum absolute atomic E-state index is 0.623. The predicted octanol–water partition coefficient (Wildman–Crippen LogP) is 4.60. The molecule has 0 atom stereocenters. The lowest BCUT2D eigenvalue weighted by Gasteiger charge is -2.10. The van der Waals surface area contributed by atoms with Crippen molar-refractivity contribution >= 4 is 11.6 Å². The van der Waals surface area contributed by atoms with Crippen molar-refractivity contribution in [3.63, 3.8) is 0 Å². The summed E-state index contributed by atoms with van der Waals surface area (Å²) < 4.78 is 7.66. The van der Waals surface area contributed by atoms with Crippen LogP contribution in [0.25, 0.3) is 0 Å². The average molecular weight is 327 g/mol. The summed E-state index contributed by atoms with van der Waals surface area (Å²) in [4.78, 5) is 0. The minimum Gasteiger partial charge on any atom is -0.492 e. The van der Waals surface area contributed by atoms with E-state index >= 15 is 0 Å². The van der Waals surface area contributed by atoms with Crippen LogP contribution >= 0.6 is 11.6 Å². The molecule has 0 bridgehead atoms. The first-order valence-corrected chi connectivity index (χ1v) is 8.11.